The van der Waals surface area contributed by atoms with Crippen molar-refractivity contribution >= 4 is 17.9 Å². The van der Waals surface area contributed by atoms with Crippen LogP contribution in [-0.4, -0.2) is 87.4 Å². The van der Waals surface area contributed by atoms with Crippen LogP contribution < -0.4 is 0 Å². The molecule has 2 atom stereocenters. The van der Waals surface area contributed by atoms with Gasteiger partial charge in [-0.05, 0) is 116 Å². The summed E-state index contributed by atoms with van der Waals surface area (Å²) in [6.07, 6.45) is 88.3. The van der Waals surface area contributed by atoms with Crippen LogP contribution in [0, 0.1) is 0 Å². The summed E-state index contributed by atoms with van der Waals surface area (Å²) in [4.78, 5) is 37.5. The summed E-state index contributed by atoms with van der Waals surface area (Å²) in [6.45, 7) is 4.75. The Morgan fingerprint density at radius 1 is 0.373 bits per heavy atom. The van der Waals surface area contributed by atoms with Crippen molar-refractivity contribution in [2.45, 2.75) is 270 Å². The van der Waals surface area contributed by atoms with Gasteiger partial charge in [0.05, 0.1) is 34.4 Å². The normalized spacial score (nSPS) is 13.6. The Bertz CT molecular complexity index is 1820. The molecule has 0 aliphatic carbocycles. The lowest BCUT2D eigenvalue weighted by molar-refractivity contribution is -0.870. The molecular weight excluding hydrogens is 1030 g/mol. The summed E-state index contributed by atoms with van der Waals surface area (Å²) in [5.41, 5.74) is 0. The molecule has 0 spiro atoms. The number of carbonyl (C=O) groups is 3. The predicted octanol–water partition coefficient (Wildman–Crippen LogP) is 20.6. The van der Waals surface area contributed by atoms with Gasteiger partial charge in [0.2, 0.25) is 0 Å². The third kappa shape index (κ3) is 64.8. The van der Waals surface area contributed by atoms with Gasteiger partial charge in [0, 0.05) is 12.8 Å². The second-order valence-electron chi connectivity index (χ2n) is 23.0. The maximum absolute atomic E-state index is 12.9. The minimum absolute atomic E-state index is 0.180. The zero-order valence-electron chi connectivity index (χ0n) is 53.8. The molecular formula is C74H124NO8+. The zero-order valence-corrected chi connectivity index (χ0v) is 53.8. The molecule has 0 aliphatic rings. The summed E-state index contributed by atoms with van der Waals surface area (Å²) < 4.78 is 22.9. The molecule has 1 N–H and O–H groups in total. The lowest BCUT2D eigenvalue weighted by atomic mass is 10.1. The highest BCUT2D eigenvalue weighted by Crippen LogP contribution is 2.15. The zero-order chi connectivity index (χ0) is 60.5. The second kappa shape index (κ2) is 63.5. The van der Waals surface area contributed by atoms with Gasteiger partial charge in [0.25, 0.3) is 6.29 Å². The molecule has 0 bridgehead atoms. The molecule has 2 unspecified atom stereocenters. The third-order valence-electron chi connectivity index (χ3n) is 13.9. The highest BCUT2D eigenvalue weighted by atomic mass is 16.7. The van der Waals surface area contributed by atoms with Gasteiger partial charge in [-0.2, -0.15) is 0 Å². The Hall–Kier alpha value is -4.57. The van der Waals surface area contributed by atoms with Crippen molar-refractivity contribution in [1.82, 2.24) is 0 Å². The first kappa shape index (κ1) is 78.4. The molecule has 0 radical (unpaired) electrons. The van der Waals surface area contributed by atoms with E-state index in [1.54, 1.807) is 0 Å². The van der Waals surface area contributed by atoms with E-state index in [4.69, 9.17) is 18.9 Å². The maximum atomic E-state index is 12.9. The monoisotopic (exact) mass is 1150 g/mol. The molecule has 0 fully saturated rings. The average Bonchev–Trinajstić information content (AvgIpc) is 3.46. The van der Waals surface area contributed by atoms with Gasteiger partial charge in [-0.3, -0.25) is 9.59 Å². The van der Waals surface area contributed by atoms with Gasteiger partial charge in [0.1, 0.15) is 13.2 Å². The molecule has 0 saturated heterocycles. The summed E-state index contributed by atoms with van der Waals surface area (Å²) >= 11 is 0. The largest absolute Gasteiger partial charge is 0.477 e. The van der Waals surface area contributed by atoms with Crippen molar-refractivity contribution in [3.05, 3.63) is 134 Å². The first-order valence-electron chi connectivity index (χ1n) is 33.3. The van der Waals surface area contributed by atoms with Crippen molar-refractivity contribution in [2.24, 2.45) is 0 Å². The van der Waals surface area contributed by atoms with Gasteiger partial charge in [-0.15, -0.1) is 0 Å². The molecule has 0 heterocycles. The molecule has 0 saturated carbocycles. The van der Waals surface area contributed by atoms with Crippen LogP contribution >= 0.6 is 0 Å². The summed E-state index contributed by atoms with van der Waals surface area (Å²) in [6, 6.07) is 0. The number of unbranched alkanes of at least 4 members (excludes halogenated alkanes) is 23. The van der Waals surface area contributed by atoms with E-state index in [-0.39, 0.29) is 32.2 Å². The van der Waals surface area contributed by atoms with Crippen molar-refractivity contribution in [2.75, 3.05) is 47.5 Å². The summed E-state index contributed by atoms with van der Waals surface area (Å²) in [7, 11) is 5.96. The van der Waals surface area contributed by atoms with Crippen molar-refractivity contribution < 1.29 is 42.9 Å². The molecule has 0 aliphatic heterocycles. The Morgan fingerprint density at radius 2 is 0.687 bits per heavy atom. The predicted molar refractivity (Wildman–Crippen MR) is 354 cm³/mol. The topological polar surface area (TPSA) is 108 Å². The van der Waals surface area contributed by atoms with Crippen LogP contribution in [0.1, 0.15) is 258 Å². The van der Waals surface area contributed by atoms with Crippen molar-refractivity contribution in [3.8, 4) is 0 Å². The first-order chi connectivity index (χ1) is 40.6. The number of hydrogen-bond donors (Lipinski definition) is 1. The molecule has 472 valence electrons. The Kier molecular flexibility index (Phi) is 60.0. The fourth-order valence-electron chi connectivity index (χ4n) is 8.80. The van der Waals surface area contributed by atoms with Crippen LogP contribution in [0.15, 0.2) is 134 Å². The number of esters is 2. The van der Waals surface area contributed by atoms with E-state index in [0.29, 0.717) is 23.9 Å². The van der Waals surface area contributed by atoms with E-state index in [2.05, 4.69) is 148 Å². The van der Waals surface area contributed by atoms with Crippen molar-refractivity contribution in [3.63, 3.8) is 0 Å². The fourth-order valence-corrected chi connectivity index (χ4v) is 8.80. The number of rotatable bonds is 60. The van der Waals surface area contributed by atoms with Gasteiger partial charge in [-0.1, -0.05) is 263 Å². The van der Waals surface area contributed by atoms with Gasteiger partial charge < -0.3 is 28.5 Å². The minimum atomic E-state index is -1.52. The smallest absolute Gasteiger partial charge is 0.361 e. The molecule has 0 aromatic carbocycles. The molecule has 0 amide bonds. The van der Waals surface area contributed by atoms with Crippen LogP contribution in [0.25, 0.3) is 0 Å². The van der Waals surface area contributed by atoms with Gasteiger partial charge in [0.15, 0.2) is 6.10 Å². The number of quaternary nitrogens is 1. The third-order valence-corrected chi connectivity index (χ3v) is 13.9. The number of aliphatic carboxylic acids is 1. The molecule has 9 nitrogen and oxygen atoms in total. The SMILES string of the molecule is CC/C=C\C/C=C\C/C=C\C/C=C\C/C=C\C/C=C\C/C=C\C/C=C\C/C=C\C/C=C\CCCCCCCCCCC(=O)OC(COC(=O)CCCCCCCCCCC/C=C\CCCCCCCC)COC(OCC[N+](C)(C)C)C(=O)O. The molecule has 83 heavy (non-hydrogen) atoms. The Labute approximate surface area is 509 Å². The van der Waals surface area contributed by atoms with E-state index >= 15 is 0 Å². The van der Waals surface area contributed by atoms with Crippen LogP contribution in [0.3, 0.4) is 0 Å². The second-order valence-corrected chi connectivity index (χ2v) is 23.0. The Morgan fingerprint density at radius 3 is 1.04 bits per heavy atom. The molecule has 0 aromatic heterocycles. The van der Waals surface area contributed by atoms with E-state index in [1.807, 2.05) is 21.1 Å². The highest BCUT2D eigenvalue weighted by molar-refractivity contribution is 5.71. The number of nitrogens with zero attached hydrogens (tertiary/aromatic N) is 1. The number of carboxylic acid groups (broad SMARTS) is 1. The lowest BCUT2D eigenvalue weighted by Gasteiger charge is -2.25. The number of carboxylic acids is 1. The minimum Gasteiger partial charge on any atom is -0.477 e. The van der Waals surface area contributed by atoms with Crippen LogP contribution in [0.2, 0.25) is 0 Å². The first-order valence-corrected chi connectivity index (χ1v) is 33.3. The molecule has 0 rings (SSSR count). The quantitative estimate of drug-likeness (QED) is 0.0211. The van der Waals surface area contributed by atoms with E-state index in [9.17, 15) is 19.5 Å². The fraction of sp³-hybridized carbons (Fsp3) is 0.662. The van der Waals surface area contributed by atoms with Crippen LogP contribution in [0.5, 0.6) is 0 Å². The van der Waals surface area contributed by atoms with E-state index < -0.39 is 24.3 Å². The number of carbonyl (C=O) groups excluding carboxylic acids is 2. The van der Waals surface area contributed by atoms with Crippen LogP contribution in [0.4, 0.5) is 0 Å². The van der Waals surface area contributed by atoms with Crippen molar-refractivity contribution in [1.29, 1.82) is 0 Å². The lowest BCUT2D eigenvalue weighted by Crippen LogP contribution is -2.40. The highest BCUT2D eigenvalue weighted by Gasteiger charge is 2.25. The number of likely N-dealkylation sites (N-methyl/N-ethyl adjacent to an activating group) is 1. The standard InChI is InChI=1S/C74H123NO8/c1-6-8-10-12-14-16-18-20-22-24-26-27-28-29-30-31-32-33-34-35-36-37-38-39-40-41-42-43-44-45-47-49-51-53-55-57-59-61-63-65-72(77)83-70(69-82-74(73(78)79)80-67-66-75(3,4)5)68-81-71(76)64-62-60-58-56-54-52-50-48-46-25-23-21-19-17-15-13-11-9-7-2/h8,10,14,16,20-23,26-27,29-30,32-33,35-36,38-39,41-42,44-45,70,74H,6-7,9,11-13,15,17-19,24-25,28,31,34,37,40,43,46-69H2,1-5H3/p+1/b10-8-,16-14-,22-20-,23-21-,27-26-,30-29-,33-32-,36-35-,39-38-,42-41-,45-44-. The average molecular weight is 1160 g/mol. The Balaban J connectivity index is 4.19. The summed E-state index contributed by atoms with van der Waals surface area (Å²) in [5, 5.41) is 9.73. The molecule has 0 aromatic rings. The van der Waals surface area contributed by atoms with Gasteiger partial charge in [-0.25, -0.2) is 4.79 Å². The van der Waals surface area contributed by atoms with E-state index in [1.165, 1.54) is 116 Å². The van der Waals surface area contributed by atoms with E-state index in [0.717, 1.165) is 109 Å². The molecule has 9 heteroatoms. The van der Waals surface area contributed by atoms with Gasteiger partial charge >= 0.3 is 17.9 Å². The maximum Gasteiger partial charge on any atom is 0.361 e. The summed E-state index contributed by atoms with van der Waals surface area (Å²) in [5.74, 6) is -2.02. The number of hydrogen-bond acceptors (Lipinski definition) is 7. The number of allylic oxidation sites excluding steroid dienone is 22. The van der Waals surface area contributed by atoms with Crippen LogP contribution in [-0.2, 0) is 33.3 Å². The number of ether oxygens (including phenoxy) is 4.